The second-order valence-electron chi connectivity index (χ2n) is 4.67. The smallest absolute Gasteiger partial charge is 0.216 e. The molecule has 0 aliphatic heterocycles. The maximum absolute atomic E-state index is 11.9. The summed E-state index contributed by atoms with van der Waals surface area (Å²) in [6.07, 6.45) is -0.197. The Labute approximate surface area is 113 Å². The summed E-state index contributed by atoms with van der Waals surface area (Å²) in [4.78, 5) is 0. The number of hydrogen-bond donors (Lipinski definition) is 2. The zero-order valence-corrected chi connectivity index (χ0v) is 11.8. The lowest BCUT2D eigenvalue weighted by atomic mass is 10.2. The van der Waals surface area contributed by atoms with Gasteiger partial charge in [-0.3, -0.25) is 0 Å². The highest BCUT2D eigenvalue weighted by atomic mass is 32.2. The van der Waals surface area contributed by atoms with Gasteiger partial charge in [0.15, 0.2) is 0 Å². The van der Waals surface area contributed by atoms with E-state index in [0.29, 0.717) is 17.5 Å². The molecule has 2 atom stereocenters. The monoisotopic (exact) mass is 282 g/mol. The molecule has 2 unspecified atom stereocenters. The molecule has 0 aliphatic rings. The van der Waals surface area contributed by atoms with Crippen LogP contribution >= 0.6 is 0 Å². The van der Waals surface area contributed by atoms with E-state index in [9.17, 15) is 13.5 Å². The Balaban J connectivity index is 2.71. The van der Waals surface area contributed by atoms with Gasteiger partial charge in [-0.25, -0.2) is 13.1 Å². The zero-order chi connectivity index (χ0) is 14.5. The lowest BCUT2D eigenvalue weighted by molar-refractivity contribution is 0.175. The molecule has 0 aliphatic carbocycles. The van der Waals surface area contributed by atoms with Gasteiger partial charge < -0.3 is 5.11 Å². The van der Waals surface area contributed by atoms with Crippen molar-refractivity contribution >= 4 is 10.0 Å². The summed E-state index contributed by atoms with van der Waals surface area (Å²) < 4.78 is 26.3. The van der Waals surface area contributed by atoms with Gasteiger partial charge in [0.05, 0.1) is 23.5 Å². The average Bonchev–Trinajstić information content (AvgIpc) is 2.26. The molecule has 0 saturated heterocycles. The molecule has 19 heavy (non-hydrogen) atoms. The van der Waals surface area contributed by atoms with Crippen LogP contribution in [0.5, 0.6) is 0 Å². The van der Waals surface area contributed by atoms with Crippen molar-refractivity contribution in [3.05, 3.63) is 35.4 Å². The second-order valence-corrected chi connectivity index (χ2v) is 6.43. The lowest BCUT2D eigenvalue weighted by Gasteiger charge is -2.15. The molecule has 0 saturated carbocycles. The minimum Gasteiger partial charge on any atom is -0.393 e. The molecular formula is C13H18N2O3S. The minimum atomic E-state index is -3.47. The first-order valence-corrected chi connectivity index (χ1v) is 7.64. The molecule has 0 bridgehead atoms. The Morgan fingerprint density at radius 1 is 1.42 bits per heavy atom. The van der Waals surface area contributed by atoms with Crippen molar-refractivity contribution in [3.8, 4) is 6.07 Å². The van der Waals surface area contributed by atoms with E-state index in [1.54, 1.807) is 38.1 Å². The van der Waals surface area contributed by atoms with E-state index in [1.165, 1.54) is 0 Å². The van der Waals surface area contributed by atoms with Crippen LogP contribution in [0.15, 0.2) is 24.3 Å². The number of nitrogens with zero attached hydrogens (tertiary/aromatic N) is 1. The fourth-order valence-electron chi connectivity index (χ4n) is 1.86. The summed E-state index contributed by atoms with van der Waals surface area (Å²) in [7, 11) is -3.47. The van der Waals surface area contributed by atoms with E-state index in [-0.39, 0.29) is 11.8 Å². The average molecular weight is 282 g/mol. The third-order valence-corrected chi connectivity index (χ3v) is 3.96. The first-order valence-electron chi connectivity index (χ1n) is 5.99. The maximum atomic E-state index is 11.9. The molecule has 6 heteroatoms. The van der Waals surface area contributed by atoms with Crippen LogP contribution in [0.3, 0.4) is 0 Å². The standard InChI is InChI=1S/C13H18N2O3S/c1-10(6-11(2)16)15-19(17,18)9-13-5-3-4-12(7-13)8-14/h3-5,7,10-11,15-16H,6,9H2,1-2H3. The predicted molar refractivity (Wildman–Crippen MR) is 72.7 cm³/mol. The van der Waals surface area contributed by atoms with Crippen LogP contribution in [0.25, 0.3) is 0 Å². The highest BCUT2D eigenvalue weighted by molar-refractivity contribution is 7.88. The fourth-order valence-corrected chi connectivity index (χ4v) is 3.27. The Bertz CT molecular complexity index is 561. The van der Waals surface area contributed by atoms with Crippen LogP contribution in [0.4, 0.5) is 0 Å². The van der Waals surface area contributed by atoms with E-state index < -0.39 is 16.1 Å². The van der Waals surface area contributed by atoms with Crippen molar-refractivity contribution in [1.82, 2.24) is 4.72 Å². The normalized spacial score (nSPS) is 14.6. The van der Waals surface area contributed by atoms with Crippen LogP contribution in [0, 0.1) is 11.3 Å². The van der Waals surface area contributed by atoms with Crippen LogP contribution in [0.2, 0.25) is 0 Å². The Kier molecular flexibility index (Phi) is 5.48. The van der Waals surface area contributed by atoms with E-state index in [4.69, 9.17) is 5.26 Å². The summed E-state index contributed by atoms with van der Waals surface area (Å²) >= 11 is 0. The summed E-state index contributed by atoms with van der Waals surface area (Å²) in [6.45, 7) is 3.32. The van der Waals surface area contributed by atoms with Crippen molar-refractivity contribution in [2.75, 3.05) is 0 Å². The van der Waals surface area contributed by atoms with Gasteiger partial charge >= 0.3 is 0 Å². The summed E-state index contributed by atoms with van der Waals surface area (Å²) in [6, 6.07) is 8.14. The number of nitriles is 1. The molecule has 1 aromatic rings. The molecular weight excluding hydrogens is 264 g/mol. The highest BCUT2D eigenvalue weighted by Gasteiger charge is 2.16. The summed E-state index contributed by atoms with van der Waals surface area (Å²) in [5.74, 6) is -0.174. The third kappa shape index (κ3) is 5.83. The molecule has 0 radical (unpaired) electrons. The molecule has 1 rings (SSSR count). The van der Waals surface area contributed by atoms with Gasteiger partial charge in [-0.15, -0.1) is 0 Å². The lowest BCUT2D eigenvalue weighted by Crippen LogP contribution is -2.35. The number of nitrogens with one attached hydrogen (secondary N) is 1. The minimum absolute atomic E-state index is 0.174. The van der Waals surface area contributed by atoms with Crippen LogP contribution in [0.1, 0.15) is 31.4 Å². The number of hydrogen-bond acceptors (Lipinski definition) is 4. The van der Waals surface area contributed by atoms with E-state index in [0.717, 1.165) is 0 Å². The van der Waals surface area contributed by atoms with Crippen LogP contribution in [-0.2, 0) is 15.8 Å². The summed E-state index contributed by atoms with van der Waals surface area (Å²) in [5.41, 5.74) is 1.00. The predicted octanol–water partition coefficient (Wildman–Crippen LogP) is 1.14. The third-order valence-electron chi connectivity index (χ3n) is 2.49. The van der Waals surface area contributed by atoms with Crippen molar-refractivity contribution in [3.63, 3.8) is 0 Å². The number of benzene rings is 1. The van der Waals surface area contributed by atoms with E-state index in [1.807, 2.05) is 6.07 Å². The van der Waals surface area contributed by atoms with Gasteiger partial charge in [0.2, 0.25) is 10.0 Å². The van der Waals surface area contributed by atoms with E-state index in [2.05, 4.69) is 4.72 Å². The molecule has 0 heterocycles. The molecule has 0 spiro atoms. The first-order chi connectivity index (χ1) is 8.82. The summed E-state index contributed by atoms with van der Waals surface area (Å²) in [5, 5.41) is 18.0. The number of rotatable bonds is 6. The quantitative estimate of drug-likeness (QED) is 0.818. The van der Waals surface area contributed by atoms with E-state index >= 15 is 0 Å². The van der Waals surface area contributed by atoms with Gasteiger partial charge in [0.1, 0.15) is 0 Å². The first kappa shape index (κ1) is 15.6. The Hall–Kier alpha value is -1.42. The molecule has 104 valence electrons. The Morgan fingerprint density at radius 2 is 2.11 bits per heavy atom. The fraction of sp³-hybridized carbons (Fsp3) is 0.462. The van der Waals surface area contributed by atoms with Crippen molar-refractivity contribution in [2.24, 2.45) is 0 Å². The zero-order valence-electron chi connectivity index (χ0n) is 11.0. The van der Waals surface area contributed by atoms with Gasteiger partial charge in [-0.2, -0.15) is 5.26 Å². The molecule has 0 fully saturated rings. The molecule has 2 N–H and O–H groups in total. The largest absolute Gasteiger partial charge is 0.393 e. The van der Waals surface area contributed by atoms with Crippen molar-refractivity contribution < 1.29 is 13.5 Å². The van der Waals surface area contributed by atoms with Crippen LogP contribution in [-0.4, -0.2) is 25.7 Å². The Morgan fingerprint density at radius 3 is 2.68 bits per heavy atom. The molecule has 0 aromatic heterocycles. The van der Waals surface area contributed by atoms with Gasteiger partial charge in [-0.05, 0) is 38.0 Å². The van der Waals surface area contributed by atoms with Gasteiger partial charge in [0, 0.05) is 6.04 Å². The topological polar surface area (TPSA) is 90.2 Å². The van der Waals surface area contributed by atoms with Crippen molar-refractivity contribution in [1.29, 1.82) is 5.26 Å². The van der Waals surface area contributed by atoms with Gasteiger partial charge in [0.25, 0.3) is 0 Å². The van der Waals surface area contributed by atoms with Crippen LogP contribution < -0.4 is 4.72 Å². The molecule has 1 aromatic carbocycles. The highest BCUT2D eigenvalue weighted by Crippen LogP contribution is 2.09. The molecule has 5 nitrogen and oxygen atoms in total. The number of sulfonamides is 1. The molecule has 0 amide bonds. The van der Waals surface area contributed by atoms with Crippen molar-refractivity contribution in [2.45, 2.75) is 38.2 Å². The SMILES string of the molecule is CC(O)CC(C)NS(=O)(=O)Cc1cccc(C#N)c1. The maximum Gasteiger partial charge on any atom is 0.216 e. The number of aliphatic hydroxyl groups is 1. The second kappa shape index (κ2) is 6.66. The number of aliphatic hydroxyl groups excluding tert-OH is 1. The van der Waals surface area contributed by atoms with Gasteiger partial charge in [-0.1, -0.05) is 12.1 Å².